The molecule has 0 saturated carbocycles. The van der Waals surface area contributed by atoms with E-state index in [1.165, 1.54) is 47.4 Å². The van der Waals surface area contributed by atoms with Crippen LogP contribution in [0.25, 0.3) is 0 Å². The number of rotatable bonds is 6. The summed E-state index contributed by atoms with van der Waals surface area (Å²) < 4.78 is 46.1. The highest BCUT2D eigenvalue weighted by Crippen LogP contribution is 2.30. The fraction of sp³-hybridized carbons (Fsp3) is 0.231. The van der Waals surface area contributed by atoms with Gasteiger partial charge in [0.1, 0.15) is 5.75 Å². The number of ether oxygens (including phenoxy) is 1. The lowest BCUT2D eigenvalue weighted by atomic mass is 10.3. The van der Waals surface area contributed by atoms with Crippen molar-refractivity contribution in [2.24, 2.45) is 0 Å². The van der Waals surface area contributed by atoms with E-state index in [1.807, 2.05) is 0 Å². The molecule has 0 aliphatic carbocycles. The van der Waals surface area contributed by atoms with E-state index in [4.69, 9.17) is 4.42 Å². The van der Waals surface area contributed by atoms with Crippen LogP contribution < -0.4 is 10.1 Å². The molecule has 7 nitrogen and oxygen atoms in total. The average molecular weight is 389 g/mol. The van der Waals surface area contributed by atoms with E-state index in [9.17, 15) is 13.2 Å². The van der Waals surface area contributed by atoms with Gasteiger partial charge < -0.3 is 14.5 Å². The highest BCUT2D eigenvalue weighted by atomic mass is 32.2. The van der Waals surface area contributed by atoms with Gasteiger partial charge in [0.2, 0.25) is 16.9 Å². The standard InChI is InChI=1S/C13H10F3N5O2S2/c1-7-18-19-10(22-7)6-24-12-21-20-11(25-12)17-8-2-4-9(5-3-8)23-13(14,15)16/h2-5H,6H2,1H3,(H,17,20). The summed E-state index contributed by atoms with van der Waals surface area (Å²) in [7, 11) is 0. The molecule has 25 heavy (non-hydrogen) atoms. The molecule has 1 aromatic carbocycles. The van der Waals surface area contributed by atoms with E-state index in [0.717, 1.165) is 0 Å². The second-order valence-corrected chi connectivity index (χ2v) is 6.77. The van der Waals surface area contributed by atoms with Gasteiger partial charge >= 0.3 is 6.36 Å². The van der Waals surface area contributed by atoms with Crippen molar-refractivity contribution in [1.82, 2.24) is 20.4 Å². The maximum absolute atomic E-state index is 12.1. The van der Waals surface area contributed by atoms with Gasteiger partial charge in [-0.3, -0.25) is 0 Å². The molecule has 0 spiro atoms. The maximum Gasteiger partial charge on any atom is 0.573 e. The summed E-state index contributed by atoms with van der Waals surface area (Å²) >= 11 is 2.69. The highest BCUT2D eigenvalue weighted by Gasteiger charge is 2.30. The third kappa shape index (κ3) is 5.32. The van der Waals surface area contributed by atoms with E-state index in [-0.39, 0.29) is 5.75 Å². The van der Waals surface area contributed by atoms with Gasteiger partial charge in [-0.05, 0) is 24.3 Å². The van der Waals surface area contributed by atoms with Gasteiger partial charge in [-0.15, -0.1) is 33.6 Å². The summed E-state index contributed by atoms with van der Waals surface area (Å²) in [6.45, 7) is 1.71. The third-order valence-corrected chi connectivity index (χ3v) is 4.59. The zero-order chi connectivity index (χ0) is 17.9. The van der Waals surface area contributed by atoms with Crippen LogP contribution in [-0.4, -0.2) is 26.8 Å². The van der Waals surface area contributed by atoms with Gasteiger partial charge in [-0.2, -0.15) is 0 Å². The Morgan fingerprint density at radius 3 is 2.56 bits per heavy atom. The van der Waals surface area contributed by atoms with Crippen LogP contribution in [0, 0.1) is 6.92 Å². The zero-order valence-corrected chi connectivity index (χ0v) is 14.2. The molecule has 3 aromatic rings. The lowest BCUT2D eigenvalue weighted by Crippen LogP contribution is -2.16. The van der Waals surface area contributed by atoms with Crippen LogP contribution in [0.4, 0.5) is 24.0 Å². The molecule has 0 atom stereocenters. The number of hydrogen-bond donors (Lipinski definition) is 1. The van der Waals surface area contributed by atoms with Crippen LogP contribution in [0.1, 0.15) is 11.8 Å². The smallest absolute Gasteiger partial charge is 0.425 e. The van der Waals surface area contributed by atoms with Crippen LogP contribution in [0.2, 0.25) is 0 Å². The van der Waals surface area contributed by atoms with E-state index in [0.29, 0.717) is 32.7 Å². The minimum Gasteiger partial charge on any atom is -0.425 e. The molecule has 2 heterocycles. The number of hydrogen-bond acceptors (Lipinski definition) is 9. The van der Waals surface area contributed by atoms with Crippen molar-refractivity contribution in [2.45, 2.75) is 23.4 Å². The van der Waals surface area contributed by atoms with Crippen molar-refractivity contribution >= 4 is 33.9 Å². The molecule has 132 valence electrons. The first-order valence-corrected chi connectivity index (χ1v) is 8.56. The normalized spacial score (nSPS) is 11.5. The third-order valence-electron chi connectivity index (χ3n) is 2.63. The number of thioether (sulfide) groups is 1. The molecule has 3 rings (SSSR count). The second-order valence-electron chi connectivity index (χ2n) is 4.57. The number of aromatic nitrogens is 4. The Morgan fingerprint density at radius 1 is 1.16 bits per heavy atom. The van der Waals surface area contributed by atoms with Crippen molar-refractivity contribution in [3.63, 3.8) is 0 Å². The number of nitrogens with zero attached hydrogens (tertiary/aromatic N) is 4. The molecule has 0 amide bonds. The average Bonchev–Trinajstić information content (AvgIpc) is 3.15. The summed E-state index contributed by atoms with van der Waals surface area (Å²) in [4.78, 5) is 0. The second kappa shape index (κ2) is 7.27. The Morgan fingerprint density at radius 2 is 1.92 bits per heavy atom. The zero-order valence-electron chi connectivity index (χ0n) is 12.6. The summed E-state index contributed by atoms with van der Waals surface area (Å²) in [6.07, 6.45) is -4.71. The molecule has 1 N–H and O–H groups in total. The van der Waals surface area contributed by atoms with Crippen molar-refractivity contribution < 1.29 is 22.3 Å². The van der Waals surface area contributed by atoms with E-state index < -0.39 is 6.36 Å². The van der Waals surface area contributed by atoms with Crippen molar-refractivity contribution in [1.29, 1.82) is 0 Å². The first-order valence-electron chi connectivity index (χ1n) is 6.75. The van der Waals surface area contributed by atoms with Gasteiger partial charge in [0.15, 0.2) is 4.34 Å². The van der Waals surface area contributed by atoms with E-state index in [1.54, 1.807) is 6.92 Å². The predicted molar refractivity (Wildman–Crippen MR) is 84.9 cm³/mol. The van der Waals surface area contributed by atoms with Crippen LogP contribution in [0.15, 0.2) is 33.0 Å². The Balaban J connectivity index is 1.55. The summed E-state index contributed by atoms with van der Waals surface area (Å²) in [5.41, 5.74) is 0.565. The highest BCUT2D eigenvalue weighted by molar-refractivity contribution is 8.00. The first-order chi connectivity index (χ1) is 11.9. The van der Waals surface area contributed by atoms with Crippen LogP contribution in [0.5, 0.6) is 5.75 Å². The lowest BCUT2D eigenvalue weighted by Gasteiger charge is -2.09. The van der Waals surface area contributed by atoms with Gasteiger partial charge in [-0.25, -0.2) is 0 Å². The number of benzene rings is 1. The largest absolute Gasteiger partial charge is 0.573 e. The SMILES string of the molecule is Cc1nnc(CSc2nnc(Nc3ccc(OC(F)(F)F)cc3)s2)o1. The Hall–Kier alpha value is -2.34. The lowest BCUT2D eigenvalue weighted by molar-refractivity contribution is -0.274. The summed E-state index contributed by atoms with van der Waals surface area (Å²) in [5, 5.41) is 19.1. The predicted octanol–water partition coefficient (Wildman–Crippen LogP) is 4.16. The van der Waals surface area contributed by atoms with Crippen LogP contribution >= 0.6 is 23.1 Å². The monoisotopic (exact) mass is 389 g/mol. The quantitative estimate of drug-likeness (QED) is 0.629. The molecule has 0 aliphatic heterocycles. The van der Waals surface area contributed by atoms with Crippen molar-refractivity contribution in [3.05, 3.63) is 36.0 Å². The number of halogens is 3. The fourth-order valence-electron chi connectivity index (χ4n) is 1.70. The van der Waals surface area contributed by atoms with Gasteiger partial charge in [0, 0.05) is 12.6 Å². The van der Waals surface area contributed by atoms with Gasteiger partial charge in [0.05, 0.1) is 5.75 Å². The summed E-state index contributed by atoms with van der Waals surface area (Å²) in [5.74, 6) is 1.17. The molecule has 0 bridgehead atoms. The topological polar surface area (TPSA) is 86.0 Å². The van der Waals surface area contributed by atoms with Crippen LogP contribution in [-0.2, 0) is 5.75 Å². The Kier molecular flexibility index (Phi) is 5.08. The van der Waals surface area contributed by atoms with Crippen molar-refractivity contribution in [3.8, 4) is 5.75 Å². The number of nitrogens with one attached hydrogen (secondary N) is 1. The minimum atomic E-state index is -4.71. The number of alkyl halides is 3. The van der Waals surface area contributed by atoms with Gasteiger partial charge in [0.25, 0.3) is 0 Å². The maximum atomic E-state index is 12.1. The molecule has 2 aromatic heterocycles. The summed E-state index contributed by atoms with van der Waals surface area (Å²) in [6, 6.07) is 5.34. The molecule has 0 fully saturated rings. The molecular weight excluding hydrogens is 379 g/mol. The van der Waals surface area contributed by atoms with Crippen LogP contribution in [0.3, 0.4) is 0 Å². The molecule has 0 saturated heterocycles. The Bertz CT molecular complexity index is 835. The Labute approximate surface area is 147 Å². The molecular formula is C13H10F3N5O2S2. The van der Waals surface area contributed by atoms with E-state index in [2.05, 4.69) is 30.4 Å². The molecule has 12 heteroatoms. The van der Waals surface area contributed by atoms with E-state index >= 15 is 0 Å². The molecule has 0 unspecified atom stereocenters. The van der Waals surface area contributed by atoms with Gasteiger partial charge in [-0.1, -0.05) is 23.1 Å². The molecule has 0 radical (unpaired) electrons. The fourth-order valence-corrected chi connectivity index (χ4v) is 3.31. The van der Waals surface area contributed by atoms with Crippen molar-refractivity contribution in [2.75, 3.05) is 5.32 Å². The first kappa shape index (κ1) is 17.5. The molecule has 0 aliphatic rings. The minimum absolute atomic E-state index is 0.290. The number of anilines is 2. The number of aryl methyl sites for hydroxylation is 1.